The van der Waals surface area contributed by atoms with Crippen LogP contribution in [0.15, 0.2) is 18.2 Å². The van der Waals surface area contributed by atoms with Crippen molar-refractivity contribution in [2.75, 3.05) is 0 Å². The second-order valence-corrected chi connectivity index (χ2v) is 6.35. The highest BCUT2D eigenvalue weighted by Crippen LogP contribution is 2.28. The molecular formula is C13H13F2O5S-. The number of ether oxygens (including phenoxy) is 1. The molecule has 116 valence electrons. The second kappa shape index (κ2) is 5.34. The molecule has 0 N–H and O–H groups in total. The van der Waals surface area contributed by atoms with Gasteiger partial charge in [-0.2, -0.15) is 8.78 Å². The molecule has 5 nitrogen and oxygen atoms in total. The lowest BCUT2D eigenvalue weighted by Crippen LogP contribution is -2.42. The molecule has 1 atom stereocenters. The maximum Gasteiger partial charge on any atom is 0.370 e. The summed E-state index contributed by atoms with van der Waals surface area (Å²) in [6.45, 7) is 0.667. The van der Waals surface area contributed by atoms with Crippen molar-refractivity contribution >= 4 is 16.1 Å². The number of hydrogen-bond acceptors (Lipinski definition) is 5. The molecule has 0 saturated carbocycles. The molecule has 0 fully saturated rings. The predicted octanol–water partition coefficient (Wildman–Crippen LogP) is 1.86. The third-order valence-electron chi connectivity index (χ3n) is 3.42. The van der Waals surface area contributed by atoms with Crippen LogP contribution in [0.3, 0.4) is 0 Å². The van der Waals surface area contributed by atoms with Gasteiger partial charge in [-0.15, -0.1) is 0 Å². The zero-order chi connectivity index (χ0) is 15.8. The Bertz CT molecular complexity index is 669. The van der Waals surface area contributed by atoms with E-state index in [0.29, 0.717) is 6.92 Å². The third kappa shape index (κ3) is 3.06. The first-order valence-corrected chi connectivity index (χ1v) is 7.70. The maximum absolute atomic E-state index is 13.2. The summed E-state index contributed by atoms with van der Waals surface area (Å²) in [7, 11) is -5.90. The molecule has 0 aliphatic heterocycles. The lowest BCUT2D eigenvalue weighted by atomic mass is 10.1. The standard InChI is InChI=1S/C13H14F2O5S/c1-8(13(14,15)21(17,18)19)20-12(16)11-6-5-9-3-2-4-10(9)7-11/h5-8H,2-4H2,1H3,(H,17,18,19)/p-1. The van der Waals surface area contributed by atoms with Gasteiger partial charge in [0.05, 0.1) is 5.56 Å². The second-order valence-electron chi connectivity index (χ2n) is 4.90. The topological polar surface area (TPSA) is 83.5 Å². The average Bonchev–Trinajstić information content (AvgIpc) is 2.84. The van der Waals surface area contributed by atoms with Crippen LogP contribution in [-0.2, 0) is 27.7 Å². The predicted molar refractivity (Wildman–Crippen MR) is 68.0 cm³/mol. The molecule has 0 heterocycles. The molecular weight excluding hydrogens is 306 g/mol. The van der Waals surface area contributed by atoms with Gasteiger partial charge in [0.15, 0.2) is 16.2 Å². The fraction of sp³-hybridized carbons (Fsp3) is 0.462. The van der Waals surface area contributed by atoms with Gasteiger partial charge in [0.1, 0.15) is 0 Å². The summed E-state index contributed by atoms with van der Waals surface area (Å²) in [6, 6.07) is 4.69. The minimum atomic E-state index is -5.90. The van der Waals surface area contributed by atoms with Crippen LogP contribution in [0.25, 0.3) is 0 Å². The number of rotatable bonds is 4. The monoisotopic (exact) mass is 319 g/mol. The Morgan fingerprint density at radius 1 is 1.33 bits per heavy atom. The van der Waals surface area contributed by atoms with Crippen LogP contribution in [0.2, 0.25) is 0 Å². The number of halogens is 2. The summed E-state index contributed by atoms with van der Waals surface area (Å²) in [5.41, 5.74) is 2.09. The van der Waals surface area contributed by atoms with Crippen LogP contribution in [0.5, 0.6) is 0 Å². The van der Waals surface area contributed by atoms with Crippen molar-refractivity contribution in [1.29, 1.82) is 0 Å². The van der Waals surface area contributed by atoms with E-state index in [1.807, 2.05) is 0 Å². The van der Waals surface area contributed by atoms with Gasteiger partial charge in [0.25, 0.3) is 0 Å². The highest BCUT2D eigenvalue weighted by Gasteiger charge is 2.46. The Morgan fingerprint density at radius 3 is 2.57 bits per heavy atom. The van der Waals surface area contributed by atoms with E-state index in [1.165, 1.54) is 6.07 Å². The molecule has 0 radical (unpaired) electrons. The number of benzene rings is 1. The third-order valence-corrected chi connectivity index (χ3v) is 4.42. The first-order chi connectivity index (χ1) is 9.63. The molecule has 0 spiro atoms. The Labute approximate surface area is 120 Å². The van der Waals surface area contributed by atoms with E-state index in [-0.39, 0.29) is 5.56 Å². The maximum atomic E-state index is 13.2. The van der Waals surface area contributed by atoms with E-state index >= 15 is 0 Å². The van der Waals surface area contributed by atoms with Crippen molar-refractivity contribution in [3.8, 4) is 0 Å². The van der Waals surface area contributed by atoms with Gasteiger partial charge in [-0.05, 0) is 49.4 Å². The number of hydrogen-bond donors (Lipinski definition) is 0. The van der Waals surface area contributed by atoms with Crippen molar-refractivity contribution in [2.24, 2.45) is 0 Å². The summed E-state index contributed by atoms with van der Waals surface area (Å²) >= 11 is 0. The quantitative estimate of drug-likeness (QED) is 0.625. The zero-order valence-corrected chi connectivity index (χ0v) is 12.0. The van der Waals surface area contributed by atoms with Crippen LogP contribution in [0.1, 0.15) is 34.8 Å². The fourth-order valence-corrected chi connectivity index (χ4v) is 2.65. The van der Waals surface area contributed by atoms with Gasteiger partial charge in [0.2, 0.25) is 0 Å². The molecule has 1 aliphatic carbocycles. The average molecular weight is 319 g/mol. The number of aryl methyl sites for hydroxylation is 2. The highest BCUT2D eigenvalue weighted by atomic mass is 32.2. The molecule has 0 bridgehead atoms. The molecule has 0 saturated heterocycles. The fourth-order valence-electron chi connectivity index (χ4n) is 2.20. The Morgan fingerprint density at radius 2 is 1.95 bits per heavy atom. The van der Waals surface area contributed by atoms with Gasteiger partial charge in [-0.25, -0.2) is 13.2 Å². The van der Waals surface area contributed by atoms with Gasteiger partial charge in [-0.3, -0.25) is 0 Å². The molecule has 21 heavy (non-hydrogen) atoms. The number of carbonyl (C=O) groups excluding carboxylic acids is 1. The van der Waals surface area contributed by atoms with Crippen molar-refractivity contribution in [1.82, 2.24) is 0 Å². The SMILES string of the molecule is CC(OC(=O)c1ccc2c(c1)CCC2)C(F)(F)S(=O)(=O)[O-]. The molecule has 1 aromatic carbocycles. The molecule has 8 heteroatoms. The van der Waals surface area contributed by atoms with Crippen molar-refractivity contribution < 1.29 is 31.3 Å². The highest BCUT2D eigenvalue weighted by molar-refractivity contribution is 7.86. The largest absolute Gasteiger partial charge is 0.743 e. The summed E-state index contributed by atoms with van der Waals surface area (Å²) in [5.74, 6) is -1.08. The number of esters is 1. The minimum Gasteiger partial charge on any atom is -0.743 e. The molecule has 1 aromatic rings. The Hall–Kier alpha value is -1.54. The summed E-state index contributed by atoms with van der Waals surface area (Å²) in [4.78, 5) is 11.8. The van der Waals surface area contributed by atoms with Crippen LogP contribution in [0, 0.1) is 0 Å². The number of fused-ring (bicyclic) bond motifs is 1. The number of alkyl halides is 2. The molecule has 1 aliphatic rings. The first-order valence-electron chi connectivity index (χ1n) is 6.29. The van der Waals surface area contributed by atoms with Gasteiger partial charge >= 0.3 is 11.2 Å². The molecule has 0 amide bonds. The van der Waals surface area contributed by atoms with Crippen molar-refractivity contribution in [3.63, 3.8) is 0 Å². The van der Waals surface area contributed by atoms with Crippen LogP contribution < -0.4 is 0 Å². The van der Waals surface area contributed by atoms with Gasteiger partial charge in [0, 0.05) is 0 Å². The van der Waals surface area contributed by atoms with E-state index < -0.39 is 27.4 Å². The van der Waals surface area contributed by atoms with Crippen molar-refractivity contribution in [2.45, 2.75) is 37.5 Å². The van der Waals surface area contributed by atoms with Crippen LogP contribution in [0.4, 0.5) is 8.78 Å². The number of carbonyl (C=O) groups is 1. The van der Waals surface area contributed by atoms with E-state index in [4.69, 9.17) is 0 Å². The summed E-state index contributed by atoms with van der Waals surface area (Å²) in [5, 5.41) is -4.67. The van der Waals surface area contributed by atoms with E-state index in [9.17, 15) is 26.5 Å². The lowest BCUT2D eigenvalue weighted by molar-refractivity contribution is -0.0554. The minimum absolute atomic E-state index is 0.0570. The van der Waals surface area contributed by atoms with Gasteiger partial charge < -0.3 is 9.29 Å². The van der Waals surface area contributed by atoms with Crippen LogP contribution in [-0.4, -0.2) is 30.3 Å². The Kier molecular flexibility index (Phi) is 4.03. The van der Waals surface area contributed by atoms with E-state index in [1.54, 1.807) is 12.1 Å². The zero-order valence-electron chi connectivity index (χ0n) is 11.1. The molecule has 2 rings (SSSR count). The lowest BCUT2D eigenvalue weighted by Gasteiger charge is -2.25. The van der Waals surface area contributed by atoms with Gasteiger partial charge in [-0.1, -0.05) is 6.07 Å². The first kappa shape index (κ1) is 15.8. The van der Waals surface area contributed by atoms with Crippen LogP contribution >= 0.6 is 0 Å². The molecule has 1 unspecified atom stereocenters. The smallest absolute Gasteiger partial charge is 0.370 e. The summed E-state index contributed by atoms with van der Waals surface area (Å²) in [6.07, 6.45) is 0.280. The molecule has 0 aromatic heterocycles. The van der Waals surface area contributed by atoms with Crippen molar-refractivity contribution in [3.05, 3.63) is 34.9 Å². The Balaban J connectivity index is 2.15. The summed E-state index contributed by atoms with van der Waals surface area (Å²) < 4.78 is 62.3. The van der Waals surface area contributed by atoms with E-state index in [0.717, 1.165) is 30.4 Å². The van der Waals surface area contributed by atoms with E-state index in [2.05, 4.69) is 4.74 Å². The normalized spacial score (nSPS) is 16.4.